The average molecular weight is 340 g/mol. The van der Waals surface area contributed by atoms with E-state index in [-0.39, 0.29) is 24.8 Å². The second-order valence-corrected chi connectivity index (χ2v) is 6.01. The Balaban J connectivity index is 1.52. The monoisotopic (exact) mass is 340 g/mol. The van der Waals surface area contributed by atoms with Crippen LogP contribution in [0.3, 0.4) is 0 Å². The van der Waals surface area contributed by atoms with Gasteiger partial charge in [0.1, 0.15) is 12.4 Å². The zero-order chi connectivity index (χ0) is 17.5. The van der Waals surface area contributed by atoms with Crippen molar-refractivity contribution in [1.82, 2.24) is 0 Å². The van der Waals surface area contributed by atoms with Gasteiger partial charge in [-0.25, -0.2) is 4.39 Å². The Hall–Kier alpha value is -2.46. The average Bonchev–Trinajstić information content (AvgIpc) is 2.66. The summed E-state index contributed by atoms with van der Waals surface area (Å²) in [6.45, 7) is 1.42. The van der Waals surface area contributed by atoms with E-state index in [0.29, 0.717) is 25.2 Å². The lowest BCUT2D eigenvalue weighted by Crippen LogP contribution is -2.07. The Bertz CT molecular complexity index is 753. The number of halogens is 1. The van der Waals surface area contributed by atoms with Crippen LogP contribution in [-0.4, -0.2) is 19.2 Å². The minimum Gasteiger partial charge on any atom is -0.461 e. The van der Waals surface area contributed by atoms with Gasteiger partial charge in [0.25, 0.3) is 0 Å². The van der Waals surface area contributed by atoms with E-state index in [1.165, 1.54) is 6.07 Å². The van der Waals surface area contributed by atoms with Crippen LogP contribution in [0.1, 0.15) is 29.5 Å². The number of ether oxygens (including phenoxy) is 2. The first-order chi connectivity index (χ1) is 12.2. The van der Waals surface area contributed by atoms with Crippen molar-refractivity contribution in [2.75, 3.05) is 13.2 Å². The summed E-state index contributed by atoms with van der Waals surface area (Å²) in [7, 11) is 0. The summed E-state index contributed by atoms with van der Waals surface area (Å²) in [5.74, 6) is -0.524. The molecule has 2 aromatic carbocycles. The lowest BCUT2D eigenvalue weighted by Gasteiger charge is -2.15. The number of hydrogen-bond donors (Lipinski definition) is 0. The van der Waals surface area contributed by atoms with E-state index in [0.717, 1.165) is 23.1 Å². The zero-order valence-electron chi connectivity index (χ0n) is 14.0. The molecule has 3 rings (SSSR count). The number of hydrogen-bond acceptors (Lipinski definition) is 3. The first-order valence-electron chi connectivity index (χ1n) is 8.47. The molecule has 0 saturated heterocycles. The van der Waals surface area contributed by atoms with Gasteiger partial charge in [0.15, 0.2) is 0 Å². The van der Waals surface area contributed by atoms with Gasteiger partial charge in [-0.05, 0) is 35.6 Å². The Morgan fingerprint density at radius 3 is 2.68 bits per heavy atom. The lowest BCUT2D eigenvalue weighted by molar-refractivity contribution is -0.144. The number of carbonyl (C=O) groups excluding carboxylic acids is 1. The first-order valence-corrected chi connectivity index (χ1v) is 8.47. The smallest absolute Gasteiger partial charge is 0.306 e. The fourth-order valence-corrected chi connectivity index (χ4v) is 2.80. The van der Waals surface area contributed by atoms with E-state index in [1.54, 1.807) is 6.07 Å². The summed E-state index contributed by atoms with van der Waals surface area (Å²) >= 11 is 0. The number of esters is 1. The zero-order valence-corrected chi connectivity index (χ0v) is 14.0. The third-order valence-electron chi connectivity index (χ3n) is 4.20. The second-order valence-electron chi connectivity index (χ2n) is 6.01. The SMILES string of the molecule is O=C(CCc1ccc(C2=CCOCC2)c(F)c1)OCc1ccccc1. The Labute approximate surface area is 147 Å². The van der Waals surface area contributed by atoms with E-state index < -0.39 is 0 Å². The molecule has 0 atom stereocenters. The van der Waals surface area contributed by atoms with Crippen LogP contribution < -0.4 is 0 Å². The van der Waals surface area contributed by atoms with Crippen molar-refractivity contribution in [2.24, 2.45) is 0 Å². The van der Waals surface area contributed by atoms with Crippen molar-refractivity contribution in [3.05, 3.63) is 77.1 Å². The minimum absolute atomic E-state index is 0.238. The van der Waals surface area contributed by atoms with Gasteiger partial charge in [-0.3, -0.25) is 4.79 Å². The number of carbonyl (C=O) groups is 1. The van der Waals surface area contributed by atoms with Gasteiger partial charge in [-0.15, -0.1) is 0 Å². The van der Waals surface area contributed by atoms with Gasteiger partial charge >= 0.3 is 5.97 Å². The molecule has 0 amide bonds. The highest BCUT2D eigenvalue weighted by Crippen LogP contribution is 2.25. The van der Waals surface area contributed by atoms with Gasteiger partial charge < -0.3 is 9.47 Å². The normalized spacial score (nSPS) is 14.0. The molecule has 4 heteroatoms. The van der Waals surface area contributed by atoms with Crippen LogP contribution in [0.5, 0.6) is 0 Å². The fraction of sp³-hybridized carbons (Fsp3) is 0.286. The van der Waals surface area contributed by atoms with Crippen LogP contribution in [0.15, 0.2) is 54.6 Å². The highest BCUT2D eigenvalue weighted by molar-refractivity contribution is 5.70. The molecular formula is C21H21FO3. The summed E-state index contributed by atoms with van der Waals surface area (Å²) < 4.78 is 24.8. The molecule has 0 radical (unpaired) electrons. The Morgan fingerprint density at radius 2 is 1.96 bits per heavy atom. The summed E-state index contributed by atoms with van der Waals surface area (Å²) in [5, 5.41) is 0. The molecule has 0 N–H and O–H groups in total. The molecule has 3 nitrogen and oxygen atoms in total. The highest BCUT2D eigenvalue weighted by atomic mass is 19.1. The molecule has 0 aromatic heterocycles. The standard InChI is InChI=1S/C21H21FO3/c22-20-14-16(6-8-19(20)18-10-12-24-13-11-18)7-9-21(23)25-15-17-4-2-1-3-5-17/h1-6,8,10,14H,7,9,11-13,15H2. The number of rotatable bonds is 6. The summed E-state index contributed by atoms with van der Waals surface area (Å²) in [4.78, 5) is 11.8. The molecule has 2 aromatic rings. The maximum absolute atomic E-state index is 14.3. The highest BCUT2D eigenvalue weighted by Gasteiger charge is 2.12. The van der Waals surface area contributed by atoms with Gasteiger partial charge in [0, 0.05) is 12.0 Å². The Kier molecular flexibility index (Phi) is 5.96. The summed E-state index contributed by atoms with van der Waals surface area (Å²) in [6, 6.07) is 14.7. The van der Waals surface area contributed by atoms with Crippen LogP contribution in [0.25, 0.3) is 5.57 Å². The van der Waals surface area contributed by atoms with Crippen molar-refractivity contribution >= 4 is 11.5 Å². The first kappa shape index (κ1) is 17.4. The third kappa shape index (κ3) is 5.00. The van der Waals surface area contributed by atoms with Crippen LogP contribution in [0.4, 0.5) is 4.39 Å². The summed E-state index contributed by atoms with van der Waals surface area (Å²) in [5.41, 5.74) is 3.36. The molecule has 0 bridgehead atoms. The molecule has 0 aliphatic carbocycles. The maximum Gasteiger partial charge on any atom is 0.306 e. The molecule has 0 unspecified atom stereocenters. The molecule has 130 valence electrons. The summed E-state index contributed by atoms with van der Waals surface area (Å²) in [6.07, 6.45) is 3.35. The molecule has 1 aliphatic heterocycles. The van der Waals surface area contributed by atoms with Gasteiger partial charge in [-0.1, -0.05) is 48.5 Å². The van der Waals surface area contributed by atoms with E-state index in [9.17, 15) is 9.18 Å². The largest absolute Gasteiger partial charge is 0.461 e. The Morgan fingerprint density at radius 1 is 1.12 bits per heavy atom. The molecule has 0 fully saturated rings. The van der Waals surface area contributed by atoms with Crippen molar-refractivity contribution < 1.29 is 18.7 Å². The third-order valence-corrected chi connectivity index (χ3v) is 4.20. The van der Waals surface area contributed by atoms with Gasteiger partial charge in [-0.2, -0.15) is 0 Å². The molecule has 1 aliphatic rings. The van der Waals surface area contributed by atoms with Gasteiger partial charge in [0.05, 0.1) is 13.2 Å². The molecular weight excluding hydrogens is 319 g/mol. The second kappa shape index (κ2) is 8.58. The van der Waals surface area contributed by atoms with Crippen LogP contribution in [0.2, 0.25) is 0 Å². The van der Waals surface area contributed by atoms with Crippen molar-refractivity contribution in [3.8, 4) is 0 Å². The van der Waals surface area contributed by atoms with Crippen LogP contribution >= 0.6 is 0 Å². The fourth-order valence-electron chi connectivity index (χ4n) is 2.80. The van der Waals surface area contributed by atoms with E-state index in [2.05, 4.69) is 0 Å². The van der Waals surface area contributed by atoms with E-state index in [1.807, 2.05) is 42.5 Å². The predicted octanol–water partition coefficient (Wildman–Crippen LogP) is 4.31. The van der Waals surface area contributed by atoms with Crippen LogP contribution in [-0.2, 0) is 27.3 Å². The topological polar surface area (TPSA) is 35.5 Å². The van der Waals surface area contributed by atoms with Crippen molar-refractivity contribution in [3.63, 3.8) is 0 Å². The molecule has 25 heavy (non-hydrogen) atoms. The predicted molar refractivity (Wildman–Crippen MR) is 94.4 cm³/mol. The number of benzene rings is 2. The molecule has 1 heterocycles. The van der Waals surface area contributed by atoms with Crippen molar-refractivity contribution in [2.45, 2.75) is 25.9 Å². The maximum atomic E-state index is 14.3. The van der Waals surface area contributed by atoms with E-state index >= 15 is 0 Å². The molecule has 0 saturated carbocycles. The van der Waals surface area contributed by atoms with Crippen molar-refractivity contribution in [1.29, 1.82) is 0 Å². The quantitative estimate of drug-likeness (QED) is 0.735. The number of aryl methyl sites for hydroxylation is 1. The minimum atomic E-state index is -0.277. The molecule has 0 spiro atoms. The van der Waals surface area contributed by atoms with E-state index in [4.69, 9.17) is 9.47 Å². The van der Waals surface area contributed by atoms with Crippen LogP contribution in [0, 0.1) is 5.82 Å². The van der Waals surface area contributed by atoms with Gasteiger partial charge in [0.2, 0.25) is 0 Å². The lowest BCUT2D eigenvalue weighted by atomic mass is 9.98.